The van der Waals surface area contributed by atoms with Gasteiger partial charge in [-0.3, -0.25) is 0 Å². The molecule has 0 amide bonds. The Bertz CT molecular complexity index is 813. The SMILES string of the molecule is O=C1OC(c2ccc(I)cc2)=N/C1=C\c1cccc(Cl)c1Cl. The summed E-state index contributed by atoms with van der Waals surface area (Å²) >= 11 is 14.3. The number of rotatable bonds is 2. The van der Waals surface area contributed by atoms with E-state index in [4.69, 9.17) is 27.9 Å². The van der Waals surface area contributed by atoms with Crippen LogP contribution >= 0.6 is 45.8 Å². The van der Waals surface area contributed by atoms with Crippen LogP contribution in [0.25, 0.3) is 6.08 Å². The van der Waals surface area contributed by atoms with Crippen molar-refractivity contribution in [2.24, 2.45) is 4.99 Å². The molecule has 1 aliphatic rings. The first-order valence-electron chi connectivity index (χ1n) is 6.27. The summed E-state index contributed by atoms with van der Waals surface area (Å²) < 4.78 is 6.30. The van der Waals surface area contributed by atoms with E-state index in [-0.39, 0.29) is 11.6 Å². The molecule has 1 heterocycles. The van der Waals surface area contributed by atoms with Crippen LogP contribution in [0.5, 0.6) is 0 Å². The molecule has 0 unspecified atom stereocenters. The summed E-state index contributed by atoms with van der Waals surface area (Å²) in [5, 5.41) is 0.798. The van der Waals surface area contributed by atoms with Gasteiger partial charge < -0.3 is 4.74 Å². The maximum absolute atomic E-state index is 11.9. The van der Waals surface area contributed by atoms with Gasteiger partial charge in [-0.25, -0.2) is 9.79 Å². The number of halogens is 3. The summed E-state index contributed by atoms with van der Waals surface area (Å²) in [5.74, 6) is -0.226. The topological polar surface area (TPSA) is 38.7 Å². The lowest BCUT2D eigenvalue weighted by Gasteiger charge is -2.00. The minimum atomic E-state index is -0.510. The molecule has 0 radical (unpaired) electrons. The molecule has 2 aromatic carbocycles. The van der Waals surface area contributed by atoms with Crippen LogP contribution in [0.3, 0.4) is 0 Å². The molecule has 0 atom stereocenters. The standard InChI is InChI=1S/C16H8Cl2INO2/c17-12-3-1-2-10(14(12)18)8-13-16(21)22-15(20-13)9-4-6-11(19)7-5-9/h1-8H/b13-8-. The van der Waals surface area contributed by atoms with Crippen molar-refractivity contribution in [1.82, 2.24) is 0 Å². The van der Waals surface area contributed by atoms with Crippen LogP contribution in [0.4, 0.5) is 0 Å². The third kappa shape index (κ3) is 3.19. The molecular formula is C16H8Cl2INO2. The van der Waals surface area contributed by atoms with Crippen molar-refractivity contribution >= 4 is 63.7 Å². The molecule has 3 rings (SSSR count). The molecule has 110 valence electrons. The average molecular weight is 444 g/mol. The fourth-order valence-corrected chi connectivity index (χ4v) is 2.63. The first kappa shape index (κ1) is 15.5. The van der Waals surface area contributed by atoms with Crippen LogP contribution in [0.1, 0.15) is 11.1 Å². The predicted molar refractivity (Wildman–Crippen MR) is 96.2 cm³/mol. The Morgan fingerprint density at radius 1 is 1.09 bits per heavy atom. The molecule has 3 nitrogen and oxygen atoms in total. The van der Waals surface area contributed by atoms with E-state index in [0.717, 1.165) is 9.13 Å². The number of carbonyl (C=O) groups is 1. The number of esters is 1. The van der Waals surface area contributed by atoms with Gasteiger partial charge in [0.2, 0.25) is 5.90 Å². The van der Waals surface area contributed by atoms with Gasteiger partial charge in [-0.15, -0.1) is 0 Å². The number of hydrogen-bond donors (Lipinski definition) is 0. The maximum Gasteiger partial charge on any atom is 0.363 e. The van der Waals surface area contributed by atoms with Crippen LogP contribution in [0.2, 0.25) is 10.0 Å². The summed E-state index contributed by atoms with van der Waals surface area (Å²) in [4.78, 5) is 16.2. The van der Waals surface area contributed by atoms with Gasteiger partial charge in [0.15, 0.2) is 5.70 Å². The fraction of sp³-hybridized carbons (Fsp3) is 0. The lowest BCUT2D eigenvalue weighted by molar-refractivity contribution is -0.129. The number of cyclic esters (lactones) is 1. The lowest BCUT2D eigenvalue weighted by Crippen LogP contribution is -2.05. The summed E-state index contributed by atoms with van der Waals surface area (Å²) in [6, 6.07) is 12.7. The number of hydrogen-bond acceptors (Lipinski definition) is 3. The summed E-state index contributed by atoms with van der Waals surface area (Å²) in [7, 11) is 0. The van der Waals surface area contributed by atoms with E-state index < -0.39 is 5.97 Å². The number of carbonyl (C=O) groups excluding carboxylic acids is 1. The Morgan fingerprint density at radius 2 is 1.82 bits per heavy atom. The van der Waals surface area contributed by atoms with E-state index in [0.29, 0.717) is 15.6 Å². The number of aliphatic imine (C=N–C) groups is 1. The van der Waals surface area contributed by atoms with Gasteiger partial charge in [-0.1, -0.05) is 35.3 Å². The van der Waals surface area contributed by atoms with Gasteiger partial charge in [0, 0.05) is 9.13 Å². The van der Waals surface area contributed by atoms with Crippen LogP contribution in [0.15, 0.2) is 53.2 Å². The molecule has 0 aliphatic carbocycles. The van der Waals surface area contributed by atoms with E-state index in [9.17, 15) is 4.79 Å². The first-order chi connectivity index (χ1) is 10.5. The highest BCUT2D eigenvalue weighted by Crippen LogP contribution is 2.28. The second-order valence-corrected chi connectivity index (χ2v) is 6.52. The van der Waals surface area contributed by atoms with Gasteiger partial charge in [0.1, 0.15) is 0 Å². The zero-order chi connectivity index (χ0) is 15.7. The van der Waals surface area contributed by atoms with Crippen molar-refractivity contribution in [3.63, 3.8) is 0 Å². The van der Waals surface area contributed by atoms with Crippen molar-refractivity contribution in [3.8, 4) is 0 Å². The molecule has 0 saturated carbocycles. The molecule has 0 N–H and O–H groups in total. The molecule has 0 fully saturated rings. The highest BCUT2D eigenvalue weighted by atomic mass is 127. The third-order valence-electron chi connectivity index (χ3n) is 2.99. The van der Waals surface area contributed by atoms with Crippen LogP contribution in [-0.4, -0.2) is 11.9 Å². The Balaban J connectivity index is 1.97. The van der Waals surface area contributed by atoms with E-state index in [1.807, 2.05) is 24.3 Å². The molecule has 1 aliphatic heterocycles. The Labute approximate surface area is 150 Å². The molecule has 0 bridgehead atoms. The maximum atomic E-state index is 11.9. The molecule has 22 heavy (non-hydrogen) atoms. The highest BCUT2D eigenvalue weighted by Gasteiger charge is 2.24. The minimum absolute atomic E-state index is 0.192. The van der Waals surface area contributed by atoms with Crippen LogP contribution in [-0.2, 0) is 9.53 Å². The predicted octanol–water partition coefficient (Wildman–Crippen LogP) is 4.94. The van der Waals surface area contributed by atoms with E-state index in [1.165, 1.54) is 0 Å². The highest BCUT2D eigenvalue weighted by molar-refractivity contribution is 14.1. The molecular weight excluding hydrogens is 436 g/mol. The molecule has 6 heteroatoms. The van der Waals surface area contributed by atoms with Crippen molar-refractivity contribution in [2.75, 3.05) is 0 Å². The van der Waals surface area contributed by atoms with Crippen molar-refractivity contribution < 1.29 is 9.53 Å². The Kier molecular flexibility index (Phi) is 4.52. The minimum Gasteiger partial charge on any atom is -0.402 e. The van der Waals surface area contributed by atoms with Gasteiger partial charge >= 0.3 is 5.97 Å². The van der Waals surface area contributed by atoms with E-state index >= 15 is 0 Å². The normalized spacial score (nSPS) is 15.9. The Hall–Kier alpha value is -1.37. The van der Waals surface area contributed by atoms with Gasteiger partial charge in [0.05, 0.1) is 10.0 Å². The summed E-state index contributed by atoms with van der Waals surface area (Å²) in [6.07, 6.45) is 1.57. The van der Waals surface area contributed by atoms with Gasteiger partial charge in [-0.2, -0.15) is 0 Å². The number of benzene rings is 2. The lowest BCUT2D eigenvalue weighted by atomic mass is 10.2. The zero-order valence-electron chi connectivity index (χ0n) is 11.0. The van der Waals surface area contributed by atoms with Crippen LogP contribution < -0.4 is 0 Å². The molecule has 0 aromatic heterocycles. The zero-order valence-corrected chi connectivity index (χ0v) is 14.7. The van der Waals surface area contributed by atoms with E-state index in [1.54, 1.807) is 24.3 Å². The molecule has 2 aromatic rings. The monoisotopic (exact) mass is 443 g/mol. The van der Waals surface area contributed by atoms with Crippen LogP contribution in [0, 0.1) is 3.57 Å². The average Bonchev–Trinajstić information content (AvgIpc) is 2.86. The summed E-state index contributed by atoms with van der Waals surface area (Å²) in [5.41, 5.74) is 1.56. The second kappa shape index (κ2) is 6.40. The van der Waals surface area contributed by atoms with Crippen molar-refractivity contribution in [3.05, 3.63) is 72.9 Å². The first-order valence-corrected chi connectivity index (χ1v) is 8.10. The smallest absolute Gasteiger partial charge is 0.363 e. The fourth-order valence-electron chi connectivity index (χ4n) is 1.90. The Morgan fingerprint density at radius 3 is 2.55 bits per heavy atom. The van der Waals surface area contributed by atoms with E-state index in [2.05, 4.69) is 27.6 Å². The largest absolute Gasteiger partial charge is 0.402 e. The van der Waals surface area contributed by atoms with Crippen molar-refractivity contribution in [1.29, 1.82) is 0 Å². The molecule has 0 saturated heterocycles. The summed E-state index contributed by atoms with van der Waals surface area (Å²) in [6.45, 7) is 0. The van der Waals surface area contributed by atoms with Crippen molar-refractivity contribution in [2.45, 2.75) is 0 Å². The van der Waals surface area contributed by atoms with Gasteiger partial charge in [0.25, 0.3) is 0 Å². The number of nitrogens with zero attached hydrogens (tertiary/aromatic N) is 1. The van der Waals surface area contributed by atoms with Gasteiger partial charge in [-0.05, 0) is 64.6 Å². The second-order valence-electron chi connectivity index (χ2n) is 4.49. The number of ether oxygens (including phenoxy) is 1. The molecule has 0 spiro atoms. The quantitative estimate of drug-likeness (QED) is 0.374. The third-order valence-corrected chi connectivity index (χ3v) is 4.54.